The van der Waals surface area contributed by atoms with Gasteiger partial charge in [0, 0.05) is 16.1 Å². The van der Waals surface area contributed by atoms with E-state index in [2.05, 4.69) is 10.5 Å². The van der Waals surface area contributed by atoms with E-state index in [1.165, 1.54) is 6.21 Å². The molecular formula is C25H17Cl3N2O2. The molecule has 0 saturated heterocycles. The van der Waals surface area contributed by atoms with Gasteiger partial charge < -0.3 is 4.74 Å². The molecule has 4 aromatic carbocycles. The van der Waals surface area contributed by atoms with E-state index in [9.17, 15) is 4.79 Å². The Labute approximate surface area is 200 Å². The minimum atomic E-state index is -0.310. The number of hydrogen-bond acceptors (Lipinski definition) is 3. The van der Waals surface area contributed by atoms with Crippen LogP contribution in [-0.4, -0.2) is 12.1 Å². The molecule has 0 aromatic heterocycles. The number of carbonyl (C=O) groups is 1. The molecular weight excluding hydrogens is 467 g/mol. The van der Waals surface area contributed by atoms with Gasteiger partial charge >= 0.3 is 0 Å². The predicted octanol–water partition coefficient (Wildman–Crippen LogP) is 7.14. The molecule has 7 heteroatoms. The summed E-state index contributed by atoms with van der Waals surface area (Å²) in [5.74, 6) is 0.0418. The maximum Gasteiger partial charge on any atom is 0.271 e. The van der Waals surface area contributed by atoms with Gasteiger partial charge in [0.15, 0.2) is 5.75 Å². The van der Waals surface area contributed by atoms with E-state index in [4.69, 9.17) is 39.5 Å². The van der Waals surface area contributed by atoms with Gasteiger partial charge in [0.05, 0.1) is 16.3 Å². The minimum absolute atomic E-state index is 0.230. The number of hydrogen-bond donors (Lipinski definition) is 1. The maximum absolute atomic E-state index is 12.6. The first-order chi connectivity index (χ1) is 15.5. The first-order valence-electron chi connectivity index (χ1n) is 9.69. The number of nitrogens with zero attached hydrogens (tertiary/aromatic N) is 1. The number of halogens is 3. The molecule has 32 heavy (non-hydrogen) atoms. The molecule has 0 fully saturated rings. The van der Waals surface area contributed by atoms with E-state index >= 15 is 0 Å². The molecule has 4 nitrogen and oxygen atoms in total. The van der Waals surface area contributed by atoms with Gasteiger partial charge in [0.25, 0.3) is 5.91 Å². The van der Waals surface area contributed by atoms with Crippen molar-refractivity contribution in [2.24, 2.45) is 5.10 Å². The Bertz CT molecular complexity index is 1290. The van der Waals surface area contributed by atoms with Crippen LogP contribution >= 0.6 is 34.8 Å². The van der Waals surface area contributed by atoms with Crippen molar-refractivity contribution in [1.29, 1.82) is 0 Å². The van der Waals surface area contributed by atoms with Crippen molar-refractivity contribution < 1.29 is 9.53 Å². The van der Waals surface area contributed by atoms with Crippen molar-refractivity contribution in [1.82, 2.24) is 5.43 Å². The number of hydrazone groups is 1. The number of fused-ring (bicyclic) bond motifs is 1. The molecule has 0 radical (unpaired) electrons. The molecule has 0 aliphatic carbocycles. The van der Waals surface area contributed by atoms with Gasteiger partial charge in [0.2, 0.25) is 0 Å². The summed E-state index contributed by atoms with van der Waals surface area (Å²) in [6.07, 6.45) is 1.47. The topological polar surface area (TPSA) is 50.7 Å². The van der Waals surface area contributed by atoms with Crippen molar-refractivity contribution in [3.8, 4) is 5.75 Å². The molecule has 4 aromatic rings. The van der Waals surface area contributed by atoms with Crippen molar-refractivity contribution in [3.05, 3.63) is 111 Å². The monoisotopic (exact) mass is 482 g/mol. The Morgan fingerprint density at radius 3 is 2.34 bits per heavy atom. The first kappa shape index (κ1) is 22.2. The summed E-state index contributed by atoms with van der Waals surface area (Å²) in [5.41, 5.74) is 4.52. The molecule has 0 saturated carbocycles. The molecule has 0 aliphatic heterocycles. The molecule has 160 valence electrons. The van der Waals surface area contributed by atoms with Crippen LogP contribution in [0.25, 0.3) is 10.8 Å². The Hall–Kier alpha value is -3.05. The SMILES string of the molecule is O=C(N/N=C\c1cc(Cl)c(OCc2ccccc2Cl)c(Cl)c1)c1cccc2ccccc12. The summed E-state index contributed by atoms with van der Waals surface area (Å²) in [6, 6.07) is 23.9. The van der Waals surface area contributed by atoms with Crippen LogP contribution < -0.4 is 10.2 Å². The fourth-order valence-corrected chi connectivity index (χ4v) is 4.01. The summed E-state index contributed by atoms with van der Waals surface area (Å²) in [5, 5.41) is 7.13. The zero-order valence-electron chi connectivity index (χ0n) is 16.7. The standard InChI is InChI=1S/C25H17Cl3N2O2/c26-21-11-4-2-7-18(21)15-32-24-22(27)12-16(13-23(24)28)14-29-30-25(31)20-10-5-8-17-6-1-3-9-19(17)20/h1-14H,15H2,(H,30,31)/b29-14-. The van der Waals surface area contributed by atoms with Gasteiger partial charge in [-0.15, -0.1) is 0 Å². The lowest BCUT2D eigenvalue weighted by Crippen LogP contribution is -2.17. The molecule has 0 aliphatic rings. The molecule has 0 heterocycles. The van der Waals surface area contributed by atoms with Crippen LogP contribution in [0.1, 0.15) is 21.5 Å². The van der Waals surface area contributed by atoms with Gasteiger partial charge in [-0.3, -0.25) is 4.79 Å². The Morgan fingerprint density at radius 2 is 1.56 bits per heavy atom. The van der Waals surface area contributed by atoms with Crippen LogP contribution in [0.15, 0.2) is 84.0 Å². The van der Waals surface area contributed by atoms with Crippen LogP contribution in [0, 0.1) is 0 Å². The Kier molecular flexibility index (Phi) is 6.96. The summed E-state index contributed by atoms with van der Waals surface area (Å²) in [6.45, 7) is 0.230. The summed E-state index contributed by atoms with van der Waals surface area (Å²) < 4.78 is 5.77. The van der Waals surface area contributed by atoms with Crippen LogP contribution in [0.2, 0.25) is 15.1 Å². The average molecular weight is 484 g/mol. The third kappa shape index (κ3) is 5.05. The van der Waals surface area contributed by atoms with Crippen molar-refractivity contribution in [2.45, 2.75) is 6.61 Å². The first-order valence-corrected chi connectivity index (χ1v) is 10.8. The maximum atomic E-state index is 12.6. The second kappa shape index (κ2) is 10.0. The largest absolute Gasteiger partial charge is 0.486 e. The van der Waals surface area contributed by atoms with Gasteiger partial charge in [0.1, 0.15) is 6.61 Å². The summed E-state index contributed by atoms with van der Waals surface area (Å²) in [4.78, 5) is 12.6. The molecule has 0 unspecified atom stereocenters. The molecule has 0 bridgehead atoms. The lowest BCUT2D eigenvalue weighted by molar-refractivity contribution is 0.0957. The highest BCUT2D eigenvalue weighted by Crippen LogP contribution is 2.35. The second-order valence-corrected chi connectivity index (χ2v) is 8.14. The molecule has 1 amide bonds. The normalized spacial score (nSPS) is 11.1. The number of carbonyl (C=O) groups excluding carboxylic acids is 1. The quantitative estimate of drug-likeness (QED) is 0.234. The molecule has 0 atom stereocenters. The Balaban J connectivity index is 1.45. The molecule has 1 N–H and O–H groups in total. The van der Waals surface area contributed by atoms with Gasteiger partial charge in [-0.25, -0.2) is 5.43 Å². The van der Waals surface area contributed by atoms with E-state index in [0.717, 1.165) is 16.3 Å². The fraction of sp³-hybridized carbons (Fsp3) is 0.0400. The van der Waals surface area contributed by atoms with Crippen LogP contribution in [0.3, 0.4) is 0 Å². The van der Waals surface area contributed by atoms with E-state index in [-0.39, 0.29) is 12.5 Å². The number of benzene rings is 4. The fourth-order valence-electron chi connectivity index (χ4n) is 3.21. The van der Waals surface area contributed by atoms with E-state index in [0.29, 0.717) is 31.9 Å². The van der Waals surface area contributed by atoms with Crippen LogP contribution in [-0.2, 0) is 6.61 Å². The van der Waals surface area contributed by atoms with Gasteiger partial charge in [-0.1, -0.05) is 89.4 Å². The van der Waals surface area contributed by atoms with Crippen LogP contribution in [0.4, 0.5) is 0 Å². The van der Waals surface area contributed by atoms with Gasteiger partial charge in [-0.05, 0) is 40.6 Å². The van der Waals surface area contributed by atoms with E-state index in [1.807, 2.05) is 54.6 Å². The number of ether oxygens (including phenoxy) is 1. The second-order valence-electron chi connectivity index (χ2n) is 6.92. The number of rotatable bonds is 6. The lowest BCUT2D eigenvalue weighted by Gasteiger charge is -2.11. The highest BCUT2D eigenvalue weighted by molar-refractivity contribution is 6.37. The zero-order chi connectivity index (χ0) is 22.5. The lowest BCUT2D eigenvalue weighted by atomic mass is 10.0. The highest BCUT2D eigenvalue weighted by Gasteiger charge is 2.11. The summed E-state index contributed by atoms with van der Waals surface area (Å²) in [7, 11) is 0. The molecule has 4 rings (SSSR count). The molecule has 0 spiro atoms. The minimum Gasteiger partial charge on any atom is -0.486 e. The van der Waals surface area contributed by atoms with Crippen molar-refractivity contribution >= 4 is 57.7 Å². The van der Waals surface area contributed by atoms with Crippen LogP contribution in [0.5, 0.6) is 5.75 Å². The van der Waals surface area contributed by atoms with Gasteiger partial charge in [-0.2, -0.15) is 5.10 Å². The highest BCUT2D eigenvalue weighted by atomic mass is 35.5. The predicted molar refractivity (Wildman–Crippen MR) is 131 cm³/mol. The van der Waals surface area contributed by atoms with Crippen molar-refractivity contribution in [2.75, 3.05) is 0 Å². The zero-order valence-corrected chi connectivity index (χ0v) is 19.0. The third-order valence-corrected chi connectivity index (χ3v) is 5.69. The van der Waals surface area contributed by atoms with Crippen molar-refractivity contribution in [3.63, 3.8) is 0 Å². The summed E-state index contributed by atoms with van der Waals surface area (Å²) >= 11 is 18.9. The van der Waals surface area contributed by atoms with E-state index < -0.39 is 0 Å². The Morgan fingerprint density at radius 1 is 0.875 bits per heavy atom. The third-order valence-electron chi connectivity index (χ3n) is 4.76. The average Bonchev–Trinajstić information content (AvgIpc) is 2.79. The number of nitrogens with one attached hydrogen (secondary N) is 1. The van der Waals surface area contributed by atoms with E-state index in [1.54, 1.807) is 24.3 Å². The number of amides is 1. The smallest absolute Gasteiger partial charge is 0.271 e.